The van der Waals surface area contributed by atoms with Crippen LogP contribution in [0.5, 0.6) is 0 Å². The number of hydrogen-bond acceptors (Lipinski definition) is 4. The first kappa shape index (κ1) is 12.4. The third-order valence-electron chi connectivity index (χ3n) is 2.80. The first-order valence-corrected chi connectivity index (χ1v) is 5.93. The molecule has 1 aromatic heterocycles. The van der Waals surface area contributed by atoms with Crippen LogP contribution in [0, 0.1) is 6.92 Å². The molecule has 0 saturated heterocycles. The maximum atomic E-state index is 4.24. The number of nitrogens with one attached hydrogen (secondary N) is 1. The third-order valence-corrected chi connectivity index (χ3v) is 2.80. The van der Waals surface area contributed by atoms with Gasteiger partial charge in [0.15, 0.2) is 0 Å². The van der Waals surface area contributed by atoms with E-state index in [9.17, 15) is 0 Å². The molecule has 0 amide bonds. The highest BCUT2D eigenvalue weighted by Crippen LogP contribution is 2.21. The summed E-state index contributed by atoms with van der Waals surface area (Å²) in [5, 5.41) is 3.37. The van der Waals surface area contributed by atoms with E-state index in [4.69, 9.17) is 0 Å². The quantitative estimate of drug-likeness (QED) is 0.894. The molecule has 1 aromatic carbocycles. The van der Waals surface area contributed by atoms with E-state index in [1.165, 1.54) is 11.3 Å². The molecule has 1 N–H and O–H groups in total. The summed E-state index contributed by atoms with van der Waals surface area (Å²) in [7, 11) is 4.09. The molecule has 0 spiro atoms. The molecular formula is C14H18N4. The van der Waals surface area contributed by atoms with E-state index in [1.54, 1.807) is 18.6 Å². The Hall–Kier alpha value is -2.10. The van der Waals surface area contributed by atoms with Crippen molar-refractivity contribution >= 4 is 11.4 Å². The Morgan fingerprint density at radius 3 is 2.67 bits per heavy atom. The highest BCUT2D eigenvalue weighted by molar-refractivity contribution is 5.59. The minimum atomic E-state index is 0.690. The van der Waals surface area contributed by atoms with E-state index >= 15 is 0 Å². The van der Waals surface area contributed by atoms with Crippen LogP contribution in [0.2, 0.25) is 0 Å². The number of aryl methyl sites for hydroxylation is 1. The van der Waals surface area contributed by atoms with E-state index in [2.05, 4.69) is 45.3 Å². The number of anilines is 2. The number of rotatable bonds is 4. The molecule has 4 heteroatoms. The fourth-order valence-electron chi connectivity index (χ4n) is 1.73. The molecule has 2 aromatic rings. The van der Waals surface area contributed by atoms with E-state index in [0.29, 0.717) is 6.54 Å². The van der Waals surface area contributed by atoms with Gasteiger partial charge in [-0.25, -0.2) is 0 Å². The molecule has 0 aliphatic rings. The Labute approximate surface area is 108 Å². The van der Waals surface area contributed by atoms with Crippen LogP contribution in [0.25, 0.3) is 0 Å². The zero-order valence-corrected chi connectivity index (χ0v) is 11.0. The van der Waals surface area contributed by atoms with E-state index < -0.39 is 0 Å². The molecule has 0 atom stereocenters. The highest BCUT2D eigenvalue weighted by Gasteiger charge is 2.01. The van der Waals surface area contributed by atoms with Gasteiger partial charge >= 0.3 is 0 Å². The average molecular weight is 242 g/mol. The van der Waals surface area contributed by atoms with Gasteiger partial charge in [0.05, 0.1) is 18.4 Å². The van der Waals surface area contributed by atoms with Gasteiger partial charge in [0.25, 0.3) is 0 Å². The predicted molar refractivity (Wildman–Crippen MR) is 74.9 cm³/mol. The van der Waals surface area contributed by atoms with Gasteiger partial charge in [-0.3, -0.25) is 9.97 Å². The predicted octanol–water partition coefficient (Wildman–Crippen LogP) is 2.46. The van der Waals surface area contributed by atoms with Gasteiger partial charge in [0.2, 0.25) is 0 Å². The van der Waals surface area contributed by atoms with Crippen LogP contribution < -0.4 is 10.2 Å². The lowest BCUT2D eigenvalue weighted by Gasteiger charge is -2.15. The summed E-state index contributed by atoms with van der Waals surface area (Å²) in [6.45, 7) is 2.79. The number of nitrogens with zero attached hydrogens (tertiary/aromatic N) is 3. The van der Waals surface area contributed by atoms with Crippen LogP contribution >= 0.6 is 0 Å². The van der Waals surface area contributed by atoms with Crippen molar-refractivity contribution in [3.63, 3.8) is 0 Å². The van der Waals surface area contributed by atoms with Crippen LogP contribution in [-0.2, 0) is 6.54 Å². The van der Waals surface area contributed by atoms with Gasteiger partial charge in [0, 0.05) is 37.9 Å². The summed E-state index contributed by atoms with van der Waals surface area (Å²) < 4.78 is 0. The van der Waals surface area contributed by atoms with Crippen molar-refractivity contribution < 1.29 is 0 Å². The second-order valence-electron chi connectivity index (χ2n) is 4.44. The first-order chi connectivity index (χ1) is 8.66. The zero-order chi connectivity index (χ0) is 13.0. The van der Waals surface area contributed by atoms with Crippen LogP contribution in [0.1, 0.15) is 11.3 Å². The topological polar surface area (TPSA) is 41.0 Å². The number of aromatic nitrogens is 2. The minimum absolute atomic E-state index is 0.690. The largest absolute Gasteiger partial charge is 0.379 e. The fourth-order valence-corrected chi connectivity index (χ4v) is 1.73. The van der Waals surface area contributed by atoms with Crippen molar-refractivity contribution in [2.45, 2.75) is 13.5 Å². The molecule has 4 nitrogen and oxygen atoms in total. The van der Waals surface area contributed by atoms with Gasteiger partial charge in [-0.2, -0.15) is 0 Å². The van der Waals surface area contributed by atoms with Crippen LogP contribution in [0.4, 0.5) is 11.4 Å². The standard InChI is InChI=1S/C14H18N4/c1-11-8-13(18(2)3)4-5-14(11)17-10-12-9-15-6-7-16-12/h4-9,17H,10H2,1-3H3. The molecular weight excluding hydrogens is 224 g/mol. The summed E-state index contributed by atoms with van der Waals surface area (Å²) >= 11 is 0. The van der Waals surface area contributed by atoms with Crippen molar-refractivity contribution in [1.29, 1.82) is 0 Å². The molecule has 0 radical (unpaired) electrons. The number of benzene rings is 1. The third kappa shape index (κ3) is 2.97. The van der Waals surface area contributed by atoms with Crippen molar-refractivity contribution in [3.8, 4) is 0 Å². The molecule has 94 valence electrons. The smallest absolute Gasteiger partial charge is 0.0777 e. The van der Waals surface area contributed by atoms with Crippen LogP contribution in [0.3, 0.4) is 0 Å². The Balaban J connectivity index is 2.06. The molecule has 1 heterocycles. The molecule has 0 aliphatic carbocycles. The monoisotopic (exact) mass is 242 g/mol. The lowest BCUT2D eigenvalue weighted by molar-refractivity contribution is 1.01. The Kier molecular flexibility index (Phi) is 3.77. The Bertz CT molecular complexity index is 508. The molecule has 0 bridgehead atoms. The first-order valence-electron chi connectivity index (χ1n) is 5.93. The van der Waals surface area contributed by atoms with E-state index in [1.807, 2.05) is 14.1 Å². The van der Waals surface area contributed by atoms with Crippen molar-refractivity contribution in [2.75, 3.05) is 24.3 Å². The number of hydrogen-bond donors (Lipinski definition) is 1. The molecule has 18 heavy (non-hydrogen) atoms. The summed E-state index contributed by atoms with van der Waals surface area (Å²) in [6, 6.07) is 6.37. The van der Waals surface area contributed by atoms with Crippen molar-refractivity contribution in [3.05, 3.63) is 48.0 Å². The fraction of sp³-hybridized carbons (Fsp3) is 0.286. The molecule has 0 unspecified atom stereocenters. The summed E-state index contributed by atoms with van der Waals surface area (Å²) in [6.07, 6.45) is 5.16. The zero-order valence-electron chi connectivity index (χ0n) is 11.0. The maximum absolute atomic E-state index is 4.24. The van der Waals surface area contributed by atoms with Crippen molar-refractivity contribution in [2.24, 2.45) is 0 Å². The molecule has 0 aliphatic heterocycles. The van der Waals surface area contributed by atoms with Crippen LogP contribution in [0.15, 0.2) is 36.8 Å². The van der Waals surface area contributed by atoms with E-state index in [0.717, 1.165) is 11.4 Å². The maximum Gasteiger partial charge on any atom is 0.0777 e. The van der Waals surface area contributed by atoms with Gasteiger partial charge < -0.3 is 10.2 Å². The highest BCUT2D eigenvalue weighted by atomic mass is 15.1. The summed E-state index contributed by atoms with van der Waals surface area (Å²) in [5.74, 6) is 0. The van der Waals surface area contributed by atoms with E-state index in [-0.39, 0.29) is 0 Å². The molecule has 0 saturated carbocycles. The summed E-state index contributed by atoms with van der Waals surface area (Å²) in [5.41, 5.74) is 4.50. The van der Waals surface area contributed by atoms with Gasteiger partial charge in [-0.1, -0.05) is 0 Å². The van der Waals surface area contributed by atoms with Gasteiger partial charge in [0.1, 0.15) is 0 Å². The Morgan fingerprint density at radius 1 is 1.22 bits per heavy atom. The van der Waals surface area contributed by atoms with Gasteiger partial charge in [-0.15, -0.1) is 0 Å². The Morgan fingerprint density at radius 2 is 2.06 bits per heavy atom. The molecule has 2 rings (SSSR count). The lowest BCUT2D eigenvalue weighted by atomic mass is 10.1. The minimum Gasteiger partial charge on any atom is -0.379 e. The van der Waals surface area contributed by atoms with Gasteiger partial charge in [-0.05, 0) is 30.7 Å². The second-order valence-corrected chi connectivity index (χ2v) is 4.44. The normalized spacial score (nSPS) is 10.2. The SMILES string of the molecule is Cc1cc(N(C)C)ccc1NCc1cnccn1. The van der Waals surface area contributed by atoms with Crippen molar-refractivity contribution in [1.82, 2.24) is 9.97 Å². The lowest BCUT2D eigenvalue weighted by Crippen LogP contribution is -2.09. The van der Waals surface area contributed by atoms with Crippen LogP contribution in [-0.4, -0.2) is 24.1 Å². The summed E-state index contributed by atoms with van der Waals surface area (Å²) in [4.78, 5) is 10.4. The molecule has 0 fully saturated rings. The average Bonchev–Trinajstić information content (AvgIpc) is 2.38. The second kappa shape index (κ2) is 5.49.